The van der Waals surface area contributed by atoms with E-state index in [0.29, 0.717) is 21.9 Å². The van der Waals surface area contributed by atoms with Gasteiger partial charge in [0.2, 0.25) is 6.10 Å². The summed E-state index contributed by atoms with van der Waals surface area (Å²) >= 11 is 2.75. The molecular weight excluding hydrogens is 446 g/mol. The van der Waals surface area contributed by atoms with Gasteiger partial charge in [0.1, 0.15) is 15.5 Å². The van der Waals surface area contributed by atoms with E-state index in [1.54, 1.807) is 61.7 Å². The zero-order chi connectivity index (χ0) is 22.7. The summed E-state index contributed by atoms with van der Waals surface area (Å²) in [6.45, 7) is 0. The number of aromatic nitrogens is 1. The van der Waals surface area contributed by atoms with Crippen molar-refractivity contribution in [2.45, 2.75) is 6.10 Å². The standard InChI is InChI=1S/C23H21N3O4S2/c1-26(2)23-25-21-17(32-23)13-18(31-21)22(28)30-19(14-8-5-4-6-9-14)20(27)24-15-10-7-11-16(12-15)29-3/h4-13,19H,1-3H3,(H,24,27). The van der Waals surface area contributed by atoms with Gasteiger partial charge in [0.25, 0.3) is 5.91 Å². The van der Waals surface area contributed by atoms with Crippen LogP contribution in [-0.4, -0.2) is 38.1 Å². The number of thiophene rings is 1. The number of esters is 1. The Morgan fingerprint density at radius 1 is 1.03 bits per heavy atom. The van der Waals surface area contributed by atoms with E-state index in [1.807, 2.05) is 25.1 Å². The Kier molecular flexibility index (Phi) is 6.38. The number of methoxy groups -OCH3 is 1. The monoisotopic (exact) mass is 467 g/mol. The van der Waals surface area contributed by atoms with Crippen LogP contribution in [0.5, 0.6) is 5.75 Å². The van der Waals surface area contributed by atoms with Gasteiger partial charge < -0.3 is 19.7 Å². The highest BCUT2D eigenvalue weighted by molar-refractivity contribution is 7.29. The van der Waals surface area contributed by atoms with Crippen molar-refractivity contribution >= 4 is 54.9 Å². The van der Waals surface area contributed by atoms with E-state index in [0.717, 1.165) is 14.7 Å². The molecule has 0 saturated heterocycles. The van der Waals surface area contributed by atoms with Gasteiger partial charge in [-0.15, -0.1) is 11.3 Å². The Morgan fingerprint density at radius 3 is 2.50 bits per heavy atom. The van der Waals surface area contributed by atoms with Gasteiger partial charge in [-0.1, -0.05) is 47.7 Å². The maximum Gasteiger partial charge on any atom is 0.349 e. The van der Waals surface area contributed by atoms with Gasteiger partial charge in [0.15, 0.2) is 5.13 Å². The molecule has 9 heteroatoms. The molecule has 1 unspecified atom stereocenters. The van der Waals surface area contributed by atoms with E-state index in [1.165, 1.54) is 22.7 Å². The quantitative estimate of drug-likeness (QED) is 0.387. The zero-order valence-corrected chi connectivity index (χ0v) is 19.3. The number of amides is 1. The van der Waals surface area contributed by atoms with Crippen molar-refractivity contribution in [2.75, 3.05) is 31.4 Å². The van der Waals surface area contributed by atoms with E-state index < -0.39 is 18.0 Å². The number of hydrogen-bond donors (Lipinski definition) is 1. The predicted molar refractivity (Wildman–Crippen MR) is 128 cm³/mol. The summed E-state index contributed by atoms with van der Waals surface area (Å²) in [5, 5.41) is 3.67. The molecule has 2 aromatic heterocycles. The van der Waals surface area contributed by atoms with Crippen LogP contribution in [0.2, 0.25) is 0 Å². The molecule has 0 bridgehead atoms. The highest BCUT2D eigenvalue weighted by Gasteiger charge is 2.27. The molecule has 1 atom stereocenters. The van der Waals surface area contributed by atoms with Gasteiger partial charge in [-0.25, -0.2) is 9.78 Å². The molecule has 2 aromatic carbocycles. The number of rotatable bonds is 7. The first-order valence-electron chi connectivity index (χ1n) is 9.73. The van der Waals surface area contributed by atoms with Crippen molar-refractivity contribution in [3.8, 4) is 5.75 Å². The first kappa shape index (κ1) is 21.8. The molecule has 0 saturated carbocycles. The van der Waals surface area contributed by atoms with Crippen LogP contribution in [0.4, 0.5) is 10.8 Å². The first-order chi connectivity index (χ1) is 15.4. The number of nitrogens with zero attached hydrogens (tertiary/aromatic N) is 2. The van der Waals surface area contributed by atoms with Crippen molar-refractivity contribution in [3.63, 3.8) is 0 Å². The molecule has 0 fully saturated rings. The molecule has 0 radical (unpaired) electrons. The topological polar surface area (TPSA) is 80.8 Å². The fraction of sp³-hybridized carbons (Fsp3) is 0.174. The van der Waals surface area contributed by atoms with Crippen LogP contribution in [-0.2, 0) is 9.53 Å². The second-order valence-electron chi connectivity index (χ2n) is 7.09. The fourth-order valence-electron chi connectivity index (χ4n) is 2.99. The Labute approximate surface area is 193 Å². The predicted octanol–water partition coefficient (Wildman–Crippen LogP) is 4.97. The molecule has 32 heavy (non-hydrogen) atoms. The maximum absolute atomic E-state index is 13.1. The highest BCUT2D eigenvalue weighted by atomic mass is 32.1. The van der Waals surface area contributed by atoms with Crippen LogP contribution >= 0.6 is 22.7 Å². The summed E-state index contributed by atoms with van der Waals surface area (Å²) < 4.78 is 11.8. The molecule has 1 N–H and O–H groups in total. The summed E-state index contributed by atoms with van der Waals surface area (Å²) in [5.74, 6) is -0.412. The summed E-state index contributed by atoms with van der Waals surface area (Å²) in [6.07, 6.45) is -1.11. The van der Waals surface area contributed by atoms with Crippen LogP contribution in [0.1, 0.15) is 21.3 Å². The van der Waals surface area contributed by atoms with E-state index >= 15 is 0 Å². The van der Waals surface area contributed by atoms with Gasteiger partial charge in [-0.2, -0.15) is 0 Å². The Bertz CT molecular complexity index is 1220. The summed E-state index contributed by atoms with van der Waals surface area (Å²) in [5.41, 5.74) is 1.12. The Hall–Kier alpha value is -3.43. The lowest BCUT2D eigenvalue weighted by molar-refractivity contribution is -0.125. The van der Waals surface area contributed by atoms with Crippen LogP contribution in [0.3, 0.4) is 0 Å². The molecule has 7 nitrogen and oxygen atoms in total. The van der Waals surface area contributed by atoms with Crippen LogP contribution in [0, 0.1) is 0 Å². The lowest BCUT2D eigenvalue weighted by atomic mass is 10.1. The molecule has 0 aliphatic carbocycles. The third-order valence-corrected chi connectivity index (χ3v) is 6.87. The van der Waals surface area contributed by atoms with E-state index in [4.69, 9.17) is 9.47 Å². The normalized spacial score (nSPS) is 11.7. The molecule has 0 aliphatic heterocycles. The maximum atomic E-state index is 13.1. The Morgan fingerprint density at radius 2 is 1.81 bits per heavy atom. The minimum atomic E-state index is -1.11. The number of fused-ring (bicyclic) bond motifs is 1. The average molecular weight is 468 g/mol. The first-order valence-corrected chi connectivity index (χ1v) is 11.4. The molecular formula is C23H21N3O4S2. The third-order valence-electron chi connectivity index (χ3n) is 4.56. The molecule has 1 amide bonds. The zero-order valence-electron chi connectivity index (χ0n) is 17.7. The molecule has 164 valence electrons. The van der Waals surface area contributed by atoms with Crippen molar-refractivity contribution in [1.29, 1.82) is 0 Å². The molecule has 2 heterocycles. The lowest BCUT2D eigenvalue weighted by Crippen LogP contribution is -2.25. The number of hydrogen-bond acceptors (Lipinski definition) is 8. The van der Waals surface area contributed by atoms with Crippen molar-refractivity contribution in [2.24, 2.45) is 0 Å². The van der Waals surface area contributed by atoms with Crippen LogP contribution in [0.25, 0.3) is 9.53 Å². The number of carbonyl (C=O) groups excluding carboxylic acids is 2. The number of ether oxygens (including phenoxy) is 2. The number of benzene rings is 2. The van der Waals surface area contributed by atoms with Crippen LogP contribution in [0.15, 0.2) is 60.7 Å². The number of anilines is 2. The molecule has 0 aliphatic rings. The van der Waals surface area contributed by atoms with Crippen molar-refractivity contribution < 1.29 is 19.1 Å². The molecule has 4 rings (SSSR count). The van der Waals surface area contributed by atoms with Gasteiger partial charge in [0.05, 0.1) is 11.8 Å². The van der Waals surface area contributed by atoms with Gasteiger partial charge >= 0.3 is 5.97 Å². The SMILES string of the molecule is COc1cccc(NC(=O)C(OC(=O)c2cc3sc(N(C)C)nc3s2)c2ccccc2)c1. The smallest absolute Gasteiger partial charge is 0.349 e. The molecule has 0 spiro atoms. The largest absolute Gasteiger partial charge is 0.497 e. The minimum Gasteiger partial charge on any atom is -0.497 e. The second kappa shape index (κ2) is 9.37. The summed E-state index contributed by atoms with van der Waals surface area (Å²) in [6, 6.07) is 17.7. The van der Waals surface area contributed by atoms with Gasteiger partial charge in [-0.3, -0.25) is 4.79 Å². The number of nitrogens with one attached hydrogen (secondary N) is 1. The summed E-state index contributed by atoms with van der Waals surface area (Å²) in [4.78, 5) is 33.6. The fourth-order valence-corrected chi connectivity index (χ4v) is 5.01. The minimum absolute atomic E-state index is 0.402. The Balaban J connectivity index is 1.57. The van der Waals surface area contributed by atoms with Crippen molar-refractivity contribution in [3.05, 3.63) is 71.1 Å². The number of thiazole rings is 1. The second-order valence-corrected chi connectivity index (χ2v) is 9.13. The van der Waals surface area contributed by atoms with Crippen LogP contribution < -0.4 is 15.0 Å². The molecule has 4 aromatic rings. The van der Waals surface area contributed by atoms with E-state index in [-0.39, 0.29) is 0 Å². The summed E-state index contributed by atoms with van der Waals surface area (Å²) in [7, 11) is 5.39. The van der Waals surface area contributed by atoms with Gasteiger partial charge in [-0.05, 0) is 18.2 Å². The van der Waals surface area contributed by atoms with Gasteiger partial charge in [0, 0.05) is 31.4 Å². The van der Waals surface area contributed by atoms with E-state index in [2.05, 4.69) is 10.3 Å². The number of carbonyl (C=O) groups is 2. The third kappa shape index (κ3) is 4.74. The van der Waals surface area contributed by atoms with Crippen molar-refractivity contribution in [1.82, 2.24) is 4.98 Å². The highest BCUT2D eigenvalue weighted by Crippen LogP contribution is 2.35. The lowest BCUT2D eigenvalue weighted by Gasteiger charge is -2.18. The average Bonchev–Trinajstić information content (AvgIpc) is 3.38. The van der Waals surface area contributed by atoms with E-state index in [9.17, 15) is 9.59 Å².